The van der Waals surface area contributed by atoms with Crippen LogP contribution >= 0.6 is 50.2 Å². The molecule has 1 nitrogen and oxygen atoms in total. The lowest BCUT2D eigenvalue weighted by atomic mass is 10.2. The molecular formula is C11H11BrClNS2. The Balaban J connectivity index is 2.32. The maximum absolute atomic E-state index is 6.08. The van der Waals surface area contributed by atoms with E-state index in [4.69, 9.17) is 11.6 Å². The first-order chi connectivity index (χ1) is 7.72. The largest absolute Gasteiger partial charge is 0.305 e. The third kappa shape index (κ3) is 2.68. The van der Waals surface area contributed by atoms with Gasteiger partial charge in [0.05, 0.1) is 6.04 Å². The van der Waals surface area contributed by atoms with Crippen molar-refractivity contribution >= 4 is 50.2 Å². The van der Waals surface area contributed by atoms with Gasteiger partial charge >= 0.3 is 0 Å². The highest BCUT2D eigenvalue weighted by molar-refractivity contribution is 9.10. The third-order valence-corrected chi connectivity index (χ3v) is 5.66. The third-order valence-electron chi connectivity index (χ3n) is 2.18. The van der Waals surface area contributed by atoms with E-state index in [0.29, 0.717) is 0 Å². The molecule has 86 valence electrons. The fourth-order valence-electron chi connectivity index (χ4n) is 1.51. The molecule has 0 aromatic carbocycles. The van der Waals surface area contributed by atoms with Gasteiger partial charge in [-0.2, -0.15) is 0 Å². The van der Waals surface area contributed by atoms with Crippen LogP contribution < -0.4 is 5.32 Å². The van der Waals surface area contributed by atoms with Gasteiger partial charge in [0.2, 0.25) is 0 Å². The van der Waals surface area contributed by atoms with Crippen LogP contribution in [0.25, 0.3) is 0 Å². The topological polar surface area (TPSA) is 12.0 Å². The van der Waals surface area contributed by atoms with Crippen molar-refractivity contribution in [3.05, 3.63) is 42.1 Å². The highest BCUT2D eigenvalue weighted by Gasteiger charge is 2.17. The highest BCUT2D eigenvalue weighted by atomic mass is 79.9. The molecule has 0 bridgehead atoms. The molecule has 2 heterocycles. The van der Waals surface area contributed by atoms with Crippen LogP contribution in [-0.4, -0.2) is 6.54 Å². The number of halogens is 2. The Hall–Kier alpha value is 0.130. The zero-order valence-corrected chi connectivity index (χ0v) is 12.6. The van der Waals surface area contributed by atoms with E-state index < -0.39 is 0 Å². The summed E-state index contributed by atoms with van der Waals surface area (Å²) in [4.78, 5) is 2.58. The summed E-state index contributed by atoms with van der Waals surface area (Å²) in [6.45, 7) is 3.06. The fraction of sp³-hybridized carbons (Fsp3) is 0.273. The molecule has 0 aliphatic carbocycles. The quantitative estimate of drug-likeness (QED) is 0.835. The summed E-state index contributed by atoms with van der Waals surface area (Å²) in [5.74, 6) is 0. The van der Waals surface area contributed by atoms with Gasteiger partial charge < -0.3 is 5.32 Å². The van der Waals surface area contributed by atoms with E-state index in [2.05, 4.69) is 51.7 Å². The Morgan fingerprint density at radius 1 is 1.50 bits per heavy atom. The molecular weight excluding hydrogens is 326 g/mol. The van der Waals surface area contributed by atoms with Crippen LogP contribution in [0.15, 0.2) is 28.1 Å². The van der Waals surface area contributed by atoms with Gasteiger partial charge in [-0.25, -0.2) is 0 Å². The van der Waals surface area contributed by atoms with Crippen molar-refractivity contribution in [2.45, 2.75) is 13.0 Å². The summed E-state index contributed by atoms with van der Waals surface area (Å²) in [5, 5.41) is 5.58. The second-order valence-corrected chi connectivity index (χ2v) is 6.80. The summed E-state index contributed by atoms with van der Waals surface area (Å²) >= 11 is 12.9. The molecule has 1 atom stereocenters. The van der Waals surface area contributed by atoms with Crippen molar-refractivity contribution in [2.24, 2.45) is 0 Å². The minimum atomic E-state index is 0.263. The van der Waals surface area contributed by atoms with E-state index in [-0.39, 0.29) is 6.04 Å². The van der Waals surface area contributed by atoms with E-state index in [1.165, 1.54) is 9.75 Å². The Morgan fingerprint density at radius 2 is 2.31 bits per heavy atom. The summed E-state index contributed by atoms with van der Waals surface area (Å²) < 4.78 is 1.79. The molecule has 2 rings (SSSR count). The van der Waals surface area contributed by atoms with E-state index in [1.807, 2.05) is 0 Å². The fourth-order valence-corrected chi connectivity index (χ4v) is 4.23. The SMILES string of the molecule is CCNC(c1cccs1)c1cc(Br)c(Cl)s1. The Labute approximate surface area is 117 Å². The van der Waals surface area contributed by atoms with Gasteiger partial charge in [0, 0.05) is 14.2 Å². The number of hydrogen-bond donors (Lipinski definition) is 1. The molecule has 0 radical (unpaired) electrons. The van der Waals surface area contributed by atoms with Crippen molar-refractivity contribution in [3.8, 4) is 0 Å². The summed E-state index contributed by atoms with van der Waals surface area (Å²) in [7, 11) is 0. The number of hydrogen-bond acceptors (Lipinski definition) is 3. The second-order valence-electron chi connectivity index (χ2n) is 3.28. The van der Waals surface area contributed by atoms with Crippen molar-refractivity contribution in [3.63, 3.8) is 0 Å². The van der Waals surface area contributed by atoms with Crippen LogP contribution in [0.4, 0.5) is 0 Å². The summed E-state index contributed by atoms with van der Waals surface area (Å²) in [6.07, 6.45) is 0. The van der Waals surface area contributed by atoms with Gasteiger partial charge in [-0.15, -0.1) is 22.7 Å². The lowest BCUT2D eigenvalue weighted by Crippen LogP contribution is -2.19. The molecule has 0 fully saturated rings. The smallest absolute Gasteiger partial charge is 0.107 e. The van der Waals surface area contributed by atoms with E-state index in [1.54, 1.807) is 22.7 Å². The number of thiophene rings is 2. The molecule has 2 aromatic rings. The zero-order valence-electron chi connectivity index (χ0n) is 8.67. The molecule has 0 saturated heterocycles. The van der Waals surface area contributed by atoms with Crippen molar-refractivity contribution < 1.29 is 0 Å². The van der Waals surface area contributed by atoms with Crippen LogP contribution in [0.2, 0.25) is 4.34 Å². The monoisotopic (exact) mass is 335 g/mol. The molecule has 0 aliphatic heterocycles. The molecule has 0 saturated carbocycles. The summed E-state index contributed by atoms with van der Waals surface area (Å²) in [6, 6.07) is 6.59. The minimum absolute atomic E-state index is 0.263. The molecule has 0 aliphatic rings. The maximum Gasteiger partial charge on any atom is 0.107 e. The van der Waals surface area contributed by atoms with Gasteiger partial charge in [0.1, 0.15) is 4.34 Å². The number of rotatable bonds is 4. The van der Waals surface area contributed by atoms with Crippen LogP contribution in [0.3, 0.4) is 0 Å². The Kier molecular flexibility index (Phi) is 4.44. The minimum Gasteiger partial charge on any atom is -0.305 e. The molecule has 1 unspecified atom stereocenters. The molecule has 16 heavy (non-hydrogen) atoms. The average molecular weight is 337 g/mol. The molecule has 5 heteroatoms. The van der Waals surface area contributed by atoms with Gasteiger partial charge in [0.15, 0.2) is 0 Å². The van der Waals surface area contributed by atoms with Gasteiger partial charge in [-0.1, -0.05) is 24.6 Å². The first-order valence-electron chi connectivity index (χ1n) is 4.94. The van der Waals surface area contributed by atoms with Crippen molar-refractivity contribution in [2.75, 3.05) is 6.54 Å². The van der Waals surface area contributed by atoms with Crippen molar-refractivity contribution in [1.29, 1.82) is 0 Å². The van der Waals surface area contributed by atoms with Crippen LogP contribution in [0.1, 0.15) is 22.7 Å². The molecule has 2 aromatic heterocycles. The predicted molar refractivity (Wildman–Crippen MR) is 76.9 cm³/mol. The van der Waals surface area contributed by atoms with Gasteiger partial charge in [-0.05, 0) is 40.0 Å². The predicted octanol–water partition coefficient (Wildman–Crippen LogP) is 4.92. The highest BCUT2D eigenvalue weighted by Crippen LogP contribution is 2.38. The van der Waals surface area contributed by atoms with Crippen LogP contribution in [0, 0.1) is 0 Å². The van der Waals surface area contributed by atoms with E-state index in [9.17, 15) is 0 Å². The molecule has 1 N–H and O–H groups in total. The lowest BCUT2D eigenvalue weighted by molar-refractivity contribution is 0.648. The van der Waals surface area contributed by atoms with Crippen molar-refractivity contribution in [1.82, 2.24) is 5.32 Å². The maximum atomic E-state index is 6.08. The lowest BCUT2D eigenvalue weighted by Gasteiger charge is -2.14. The second kappa shape index (κ2) is 5.65. The van der Waals surface area contributed by atoms with Gasteiger partial charge in [0.25, 0.3) is 0 Å². The van der Waals surface area contributed by atoms with E-state index in [0.717, 1.165) is 15.4 Å². The zero-order chi connectivity index (χ0) is 11.5. The van der Waals surface area contributed by atoms with E-state index >= 15 is 0 Å². The molecule has 0 amide bonds. The number of nitrogens with one attached hydrogen (secondary N) is 1. The first kappa shape index (κ1) is 12.6. The van der Waals surface area contributed by atoms with Crippen LogP contribution in [-0.2, 0) is 0 Å². The summed E-state index contributed by atoms with van der Waals surface area (Å²) in [5.41, 5.74) is 0. The average Bonchev–Trinajstić information content (AvgIpc) is 2.86. The molecule has 0 spiro atoms. The Bertz CT molecular complexity index is 433. The van der Waals surface area contributed by atoms with Crippen LogP contribution in [0.5, 0.6) is 0 Å². The Morgan fingerprint density at radius 3 is 2.81 bits per heavy atom. The normalized spacial score (nSPS) is 12.9. The van der Waals surface area contributed by atoms with Gasteiger partial charge in [-0.3, -0.25) is 0 Å². The standard InChI is InChI=1S/C11H11BrClNS2/c1-2-14-10(8-4-3-5-15-8)9-6-7(12)11(13)16-9/h3-6,10,14H,2H2,1H3. The first-order valence-corrected chi connectivity index (χ1v) is 7.80.